The standard InChI is InChI=1S/C21H29N3O6/c1-21(2,3)30-20(29)22-12-16(25)24-15(19(27)28)11-14(18(26)23(4)5)17(24)13-9-7-6-8-10-13/h6-10,14-15,17H,11-12H2,1-5H3,(H,22,29)(H,27,28). The van der Waals surface area contributed by atoms with Crippen LogP contribution in [-0.4, -0.2) is 71.1 Å². The van der Waals surface area contributed by atoms with Crippen molar-refractivity contribution in [2.75, 3.05) is 20.6 Å². The number of rotatable bonds is 5. The van der Waals surface area contributed by atoms with Gasteiger partial charge < -0.3 is 25.0 Å². The molecule has 1 aromatic carbocycles. The summed E-state index contributed by atoms with van der Waals surface area (Å²) in [7, 11) is 3.18. The summed E-state index contributed by atoms with van der Waals surface area (Å²) in [5.41, 5.74) is -0.0766. The summed E-state index contributed by atoms with van der Waals surface area (Å²) >= 11 is 0. The highest BCUT2D eigenvalue weighted by Gasteiger charge is 2.50. The lowest BCUT2D eigenvalue weighted by molar-refractivity contribution is -0.149. The Labute approximate surface area is 176 Å². The van der Waals surface area contributed by atoms with E-state index in [4.69, 9.17) is 4.74 Å². The number of nitrogens with one attached hydrogen (secondary N) is 1. The Morgan fingerprint density at radius 1 is 1.17 bits per heavy atom. The van der Waals surface area contributed by atoms with Crippen LogP contribution in [0.3, 0.4) is 0 Å². The molecule has 0 radical (unpaired) electrons. The first kappa shape index (κ1) is 23.2. The summed E-state index contributed by atoms with van der Waals surface area (Å²) in [6, 6.07) is 6.90. The van der Waals surface area contributed by atoms with Crippen LogP contribution >= 0.6 is 0 Å². The maximum Gasteiger partial charge on any atom is 0.408 e. The molecule has 3 amide bonds. The number of carbonyl (C=O) groups is 4. The fraction of sp³-hybridized carbons (Fsp3) is 0.524. The van der Waals surface area contributed by atoms with Gasteiger partial charge in [0.05, 0.1) is 12.0 Å². The molecule has 3 atom stereocenters. The minimum absolute atomic E-state index is 0.00984. The Hall–Kier alpha value is -3.10. The first-order valence-electron chi connectivity index (χ1n) is 9.69. The quantitative estimate of drug-likeness (QED) is 0.750. The van der Waals surface area contributed by atoms with Gasteiger partial charge in [0.2, 0.25) is 11.8 Å². The molecule has 164 valence electrons. The molecule has 2 N–H and O–H groups in total. The number of carboxylic acids is 1. The lowest BCUT2D eigenvalue weighted by Gasteiger charge is -2.31. The molecular formula is C21H29N3O6. The minimum Gasteiger partial charge on any atom is -0.480 e. The summed E-state index contributed by atoms with van der Waals surface area (Å²) in [5.74, 6) is -2.77. The van der Waals surface area contributed by atoms with Gasteiger partial charge in [-0.15, -0.1) is 0 Å². The SMILES string of the molecule is CN(C)C(=O)C1CC(C(=O)O)N(C(=O)CNC(=O)OC(C)(C)C)C1c1ccccc1. The number of amides is 3. The van der Waals surface area contributed by atoms with Crippen LogP contribution in [0.4, 0.5) is 4.79 Å². The average molecular weight is 419 g/mol. The van der Waals surface area contributed by atoms with E-state index in [2.05, 4.69) is 5.32 Å². The molecule has 30 heavy (non-hydrogen) atoms. The van der Waals surface area contributed by atoms with Gasteiger partial charge in [-0.25, -0.2) is 9.59 Å². The number of alkyl carbamates (subject to hydrolysis) is 1. The number of ether oxygens (including phenoxy) is 1. The first-order chi connectivity index (χ1) is 13.9. The van der Waals surface area contributed by atoms with E-state index in [-0.39, 0.29) is 12.3 Å². The number of hydrogen-bond acceptors (Lipinski definition) is 5. The molecule has 1 aliphatic rings. The number of likely N-dealkylation sites (tertiary alicyclic amines) is 1. The molecule has 1 aromatic rings. The van der Waals surface area contributed by atoms with Crippen LogP contribution in [0, 0.1) is 5.92 Å². The second-order valence-electron chi connectivity index (χ2n) is 8.44. The maximum absolute atomic E-state index is 13.0. The van der Waals surface area contributed by atoms with E-state index in [9.17, 15) is 24.3 Å². The predicted molar refractivity (Wildman–Crippen MR) is 108 cm³/mol. The number of nitrogens with zero attached hydrogens (tertiary/aromatic N) is 2. The fourth-order valence-electron chi connectivity index (χ4n) is 3.58. The summed E-state index contributed by atoms with van der Waals surface area (Å²) in [5, 5.41) is 12.1. The average Bonchev–Trinajstić information content (AvgIpc) is 3.05. The molecule has 1 heterocycles. The smallest absolute Gasteiger partial charge is 0.408 e. The number of carbonyl (C=O) groups excluding carboxylic acids is 3. The van der Waals surface area contributed by atoms with E-state index in [1.54, 1.807) is 65.2 Å². The van der Waals surface area contributed by atoms with Crippen LogP contribution < -0.4 is 5.32 Å². The molecule has 0 bridgehead atoms. The van der Waals surface area contributed by atoms with Crippen molar-refractivity contribution in [3.8, 4) is 0 Å². The molecule has 1 fully saturated rings. The molecule has 9 heteroatoms. The van der Waals surface area contributed by atoms with Crippen LogP contribution in [0.5, 0.6) is 0 Å². The highest BCUT2D eigenvalue weighted by molar-refractivity contribution is 5.90. The van der Waals surface area contributed by atoms with E-state index < -0.39 is 48.1 Å². The fourth-order valence-corrected chi connectivity index (χ4v) is 3.58. The number of hydrogen-bond donors (Lipinski definition) is 2. The zero-order chi connectivity index (χ0) is 22.6. The highest BCUT2D eigenvalue weighted by atomic mass is 16.6. The van der Waals surface area contributed by atoms with E-state index in [1.165, 1.54) is 9.80 Å². The van der Waals surface area contributed by atoms with Gasteiger partial charge in [-0.1, -0.05) is 30.3 Å². The molecule has 1 aliphatic heterocycles. The van der Waals surface area contributed by atoms with Crippen LogP contribution in [0.25, 0.3) is 0 Å². The molecular weight excluding hydrogens is 390 g/mol. The summed E-state index contributed by atoms with van der Waals surface area (Å²) in [6.45, 7) is 4.64. The van der Waals surface area contributed by atoms with Gasteiger partial charge >= 0.3 is 12.1 Å². The minimum atomic E-state index is -1.20. The summed E-state index contributed by atoms with van der Waals surface area (Å²) in [4.78, 5) is 52.3. The molecule has 0 spiro atoms. The largest absolute Gasteiger partial charge is 0.480 e. The Balaban J connectivity index is 2.33. The first-order valence-corrected chi connectivity index (χ1v) is 9.69. The predicted octanol–water partition coefficient (Wildman–Crippen LogP) is 1.64. The van der Waals surface area contributed by atoms with E-state index >= 15 is 0 Å². The maximum atomic E-state index is 13.0. The van der Waals surface area contributed by atoms with E-state index in [1.807, 2.05) is 0 Å². The molecule has 2 rings (SSSR count). The summed E-state index contributed by atoms with van der Waals surface area (Å²) < 4.78 is 5.13. The Kier molecular flexibility index (Phi) is 7.07. The third kappa shape index (κ3) is 5.49. The van der Waals surface area contributed by atoms with Gasteiger partial charge in [-0.2, -0.15) is 0 Å². The molecule has 0 saturated carbocycles. The van der Waals surface area contributed by atoms with Gasteiger partial charge in [-0.3, -0.25) is 9.59 Å². The van der Waals surface area contributed by atoms with Crippen molar-refractivity contribution in [3.63, 3.8) is 0 Å². The van der Waals surface area contributed by atoms with Gasteiger partial charge in [0.15, 0.2) is 0 Å². The molecule has 1 saturated heterocycles. The van der Waals surface area contributed by atoms with E-state index in [0.29, 0.717) is 5.56 Å². The Morgan fingerprint density at radius 2 is 1.77 bits per heavy atom. The normalized spacial score (nSPS) is 21.1. The third-order valence-corrected chi connectivity index (χ3v) is 4.75. The van der Waals surface area contributed by atoms with Crippen molar-refractivity contribution in [3.05, 3.63) is 35.9 Å². The van der Waals surface area contributed by atoms with Gasteiger partial charge in [0.1, 0.15) is 18.2 Å². The van der Waals surface area contributed by atoms with Gasteiger partial charge in [0.25, 0.3) is 0 Å². The van der Waals surface area contributed by atoms with Crippen LogP contribution in [0.2, 0.25) is 0 Å². The molecule has 3 unspecified atom stereocenters. The topological polar surface area (TPSA) is 116 Å². The van der Waals surface area contributed by atoms with Crippen molar-refractivity contribution >= 4 is 23.9 Å². The second-order valence-corrected chi connectivity index (χ2v) is 8.44. The highest BCUT2D eigenvalue weighted by Crippen LogP contribution is 2.42. The Bertz CT molecular complexity index is 803. The van der Waals surface area contributed by atoms with Gasteiger partial charge in [0, 0.05) is 14.1 Å². The van der Waals surface area contributed by atoms with Crippen LogP contribution in [0.15, 0.2) is 30.3 Å². The summed E-state index contributed by atoms with van der Waals surface area (Å²) in [6.07, 6.45) is -0.788. The molecule has 9 nitrogen and oxygen atoms in total. The van der Waals surface area contributed by atoms with Gasteiger partial charge in [-0.05, 0) is 32.8 Å². The van der Waals surface area contributed by atoms with Crippen molar-refractivity contribution in [1.82, 2.24) is 15.1 Å². The zero-order valence-electron chi connectivity index (χ0n) is 17.9. The number of benzene rings is 1. The van der Waals surface area contributed by atoms with Crippen molar-refractivity contribution in [2.45, 2.75) is 44.9 Å². The lowest BCUT2D eigenvalue weighted by atomic mass is 9.92. The van der Waals surface area contributed by atoms with Crippen molar-refractivity contribution < 1.29 is 29.0 Å². The number of carboxylic acid groups (broad SMARTS) is 1. The lowest BCUT2D eigenvalue weighted by Crippen LogP contribution is -2.47. The molecule has 0 aromatic heterocycles. The van der Waals surface area contributed by atoms with Crippen LogP contribution in [0.1, 0.15) is 38.8 Å². The van der Waals surface area contributed by atoms with Crippen LogP contribution in [-0.2, 0) is 19.1 Å². The monoisotopic (exact) mass is 419 g/mol. The van der Waals surface area contributed by atoms with Crippen molar-refractivity contribution in [2.24, 2.45) is 5.92 Å². The molecule has 0 aliphatic carbocycles. The van der Waals surface area contributed by atoms with E-state index in [0.717, 1.165) is 0 Å². The zero-order valence-corrected chi connectivity index (χ0v) is 17.9. The van der Waals surface area contributed by atoms with Crippen molar-refractivity contribution in [1.29, 1.82) is 0 Å². The number of aliphatic carboxylic acids is 1. The second kappa shape index (κ2) is 9.15. The Morgan fingerprint density at radius 3 is 2.27 bits per heavy atom. The third-order valence-electron chi connectivity index (χ3n) is 4.75.